The van der Waals surface area contributed by atoms with Crippen LogP contribution >= 0.6 is 0 Å². The average Bonchev–Trinajstić information content (AvgIpc) is 3.47. The highest BCUT2D eigenvalue weighted by Crippen LogP contribution is 2.34. The molecule has 1 atom stereocenters. The van der Waals surface area contributed by atoms with Crippen LogP contribution in [0.2, 0.25) is 0 Å². The predicted molar refractivity (Wildman–Crippen MR) is 108 cm³/mol. The third-order valence-electron chi connectivity index (χ3n) is 5.31. The fourth-order valence-corrected chi connectivity index (χ4v) is 3.77. The predicted octanol–water partition coefficient (Wildman–Crippen LogP) is 3.27. The van der Waals surface area contributed by atoms with Crippen LogP contribution in [0.1, 0.15) is 18.0 Å². The van der Waals surface area contributed by atoms with Gasteiger partial charge in [-0.15, -0.1) is 0 Å². The fraction of sp³-hybridized carbons (Fsp3) is 0.286. The highest BCUT2D eigenvalue weighted by molar-refractivity contribution is 5.90. The first-order valence-corrected chi connectivity index (χ1v) is 9.48. The van der Waals surface area contributed by atoms with Gasteiger partial charge < -0.3 is 14.6 Å². The first kappa shape index (κ1) is 17.7. The number of rotatable bonds is 4. The molecule has 4 aromatic rings. The molecule has 1 aliphatic rings. The Hall–Kier alpha value is -3.39. The normalized spacial score (nSPS) is 16.6. The van der Waals surface area contributed by atoms with Crippen LogP contribution in [0.15, 0.2) is 43.0 Å². The fourth-order valence-electron chi connectivity index (χ4n) is 3.77. The monoisotopic (exact) mass is 391 g/mol. The molecule has 1 N–H and O–H groups in total. The number of hydrogen-bond donors (Lipinski definition) is 1. The first-order chi connectivity index (χ1) is 14.1. The number of nitrogens with zero attached hydrogens (tertiary/aromatic N) is 5. The highest BCUT2D eigenvalue weighted by Gasteiger charge is 2.20. The molecule has 0 bridgehead atoms. The number of aromatic hydroxyl groups is 1. The lowest BCUT2D eigenvalue weighted by atomic mass is 10.1. The summed E-state index contributed by atoms with van der Waals surface area (Å²) in [6.07, 6.45) is 8.08. The lowest BCUT2D eigenvalue weighted by Crippen LogP contribution is -2.09. The van der Waals surface area contributed by atoms with Crippen molar-refractivity contribution < 1.29 is 14.6 Å². The Morgan fingerprint density at radius 1 is 1.28 bits per heavy atom. The van der Waals surface area contributed by atoms with E-state index in [1.54, 1.807) is 24.1 Å². The summed E-state index contributed by atoms with van der Waals surface area (Å²) in [6.45, 7) is 3.38. The molecule has 1 aliphatic heterocycles. The zero-order chi connectivity index (χ0) is 20.0. The SMILES string of the molecule is COc1cncc(-c2cc(C)c3c(O)n(-c4ccn([C@@H]5CCOC5)n4)cc3n2)c1. The number of pyridine rings is 2. The van der Waals surface area contributed by atoms with Gasteiger partial charge in [-0.05, 0) is 31.0 Å². The van der Waals surface area contributed by atoms with Crippen LogP contribution in [-0.2, 0) is 4.74 Å². The van der Waals surface area contributed by atoms with Gasteiger partial charge in [0.05, 0.1) is 42.6 Å². The number of aryl methyl sites for hydroxylation is 1. The zero-order valence-corrected chi connectivity index (χ0v) is 16.2. The van der Waals surface area contributed by atoms with E-state index >= 15 is 0 Å². The second-order valence-corrected chi connectivity index (χ2v) is 7.19. The van der Waals surface area contributed by atoms with Gasteiger partial charge in [-0.25, -0.2) is 4.98 Å². The van der Waals surface area contributed by atoms with E-state index in [9.17, 15) is 5.11 Å². The molecule has 0 aromatic carbocycles. The third kappa shape index (κ3) is 3.01. The maximum atomic E-state index is 10.9. The Morgan fingerprint density at radius 3 is 2.97 bits per heavy atom. The summed E-state index contributed by atoms with van der Waals surface area (Å²) < 4.78 is 14.3. The van der Waals surface area contributed by atoms with Crippen LogP contribution in [0.3, 0.4) is 0 Å². The third-order valence-corrected chi connectivity index (χ3v) is 5.31. The van der Waals surface area contributed by atoms with Crippen molar-refractivity contribution in [1.29, 1.82) is 0 Å². The minimum atomic E-state index is 0.133. The molecule has 5 heterocycles. The summed E-state index contributed by atoms with van der Waals surface area (Å²) in [6, 6.07) is 5.96. The molecule has 1 fully saturated rings. The van der Waals surface area contributed by atoms with E-state index in [0.29, 0.717) is 29.1 Å². The summed E-state index contributed by atoms with van der Waals surface area (Å²) in [5, 5.41) is 16.2. The molecule has 0 unspecified atom stereocenters. The number of methoxy groups -OCH3 is 1. The average molecular weight is 391 g/mol. The second kappa shape index (κ2) is 6.89. The minimum absolute atomic E-state index is 0.133. The second-order valence-electron chi connectivity index (χ2n) is 7.19. The van der Waals surface area contributed by atoms with E-state index in [2.05, 4.69) is 10.1 Å². The summed E-state index contributed by atoms with van der Waals surface area (Å²) in [5.74, 6) is 1.45. The Labute approximate surface area is 167 Å². The summed E-state index contributed by atoms with van der Waals surface area (Å²) in [5.41, 5.74) is 3.24. The van der Waals surface area contributed by atoms with Crippen LogP contribution in [0.5, 0.6) is 11.6 Å². The molecule has 0 amide bonds. The molecular formula is C21H21N5O3. The number of ether oxygens (including phenoxy) is 2. The van der Waals surface area contributed by atoms with Crippen LogP contribution in [0.25, 0.3) is 28.0 Å². The van der Waals surface area contributed by atoms with Crippen LogP contribution in [-0.4, -0.2) is 49.7 Å². The molecule has 4 aromatic heterocycles. The molecule has 5 rings (SSSR count). The maximum Gasteiger partial charge on any atom is 0.206 e. The first-order valence-electron chi connectivity index (χ1n) is 9.48. The van der Waals surface area contributed by atoms with E-state index in [-0.39, 0.29) is 11.9 Å². The molecule has 148 valence electrons. The Bertz CT molecular complexity index is 1190. The quantitative estimate of drug-likeness (QED) is 0.575. The van der Waals surface area contributed by atoms with Crippen molar-refractivity contribution in [2.75, 3.05) is 20.3 Å². The van der Waals surface area contributed by atoms with Gasteiger partial charge in [-0.3, -0.25) is 14.2 Å². The van der Waals surface area contributed by atoms with Crippen LogP contribution < -0.4 is 4.74 Å². The lowest BCUT2D eigenvalue weighted by molar-refractivity contribution is 0.184. The molecule has 0 saturated carbocycles. The molecular weight excluding hydrogens is 370 g/mol. The van der Waals surface area contributed by atoms with Gasteiger partial charge in [0.2, 0.25) is 5.88 Å². The maximum absolute atomic E-state index is 10.9. The Morgan fingerprint density at radius 2 is 2.17 bits per heavy atom. The van der Waals surface area contributed by atoms with E-state index < -0.39 is 0 Å². The molecule has 1 saturated heterocycles. The van der Waals surface area contributed by atoms with Crippen molar-refractivity contribution >= 4 is 10.9 Å². The number of hydrogen-bond acceptors (Lipinski definition) is 6. The van der Waals surface area contributed by atoms with Gasteiger partial charge in [0.25, 0.3) is 0 Å². The van der Waals surface area contributed by atoms with Gasteiger partial charge in [0.1, 0.15) is 5.75 Å². The number of fused-ring (bicyclic) bond motifs is 1. The van der Waals surface area contributed by atoms with Crippen LogP contribution in [0.4, 0.5) is 0 Å². The van der Waals surface area contributed by atoms with Crippen molar-refractivity contribution in [3.8, 4) is 28.7 Å². The standard InChI is InChI=1S/C21H21N5O3/c1-13-7-17(14-8-16(28-2)10-22-9-14)23-18-11-25(21(27)20(13)18)19-3-5-26(24-19)15-4-6-29-12-15/h3,5,7-11,15,27H,4,6,12H2,1-2H3/t15-/m1/s1. The van der Waals surface area contributed by atoms with E-state index in [0.717, 1.165) is 29.8 Å². The molecule has 0 spiro atoms. The molecule has 0 radical (unpaired) electrons. The van der Waals surface area contributed by atoms with Crippen LogP contribution in [0, 0.1) is 6.92 Å². The Balaban J connectivity index is 1.58. The molecule has 29 heavy (non-hydrogen) atoms. The van der Waals surface area contributed by atoms with Crippen molar-refractivity contribution in [3.05, 3.63) is 48.5 Å². The summed E-state index contributed by atoms with van der Waals surface area (Å²) >= 11 is 0. The van der Waals surface area contributed by atoms with Gasteiger partial charge in [0, 0.05) is 36.8 Å². The lowest BCUT2D eigenvalue weighted by Gasteiger charge is -2.07. The highest BCUT2D eigenvalue weighted by atomic mass is 16.5. The van der Waals surface area contributed by atoms with Gasteiger partial charge in [-0.2, -0.15) is 5.10 Å². The molecule has 8 heteroatoms. The minimum Gasteiger partial charge on any atom is -0.495 e. The van der Waals surface area contributed by atoms with Crippen molar-refractivity contribution in [2.24, 2.45) is 0 Å². The van der Waals surface area contributed by atoms with Crippen molar-refractivity contribution in [3.63, 3.8) is 0 Å². The zero-order valence-electron chi connectivity index (χ0n) is 16.2. The van der Waals surface area contributed by atoms with E-state index in [4.69, 9.17) is 14.5 Å². The van der Waals surface area contributed by atoms with Gasteiger partial charge >= 0.3 is 0 Å². The largest absolute Gasteiger partial charge is 0.495 e. The summed E-state index contributed by atoms with van der Waals surface area (Å²) in [4.78, 5) is 8.95. The Kier molecular flexibility index (Phi) is 4.21. The smallest absolute Gasteiger partial charge is 0.206 e. The van der Waals surface area contributed by atoms with Gasteiger partial charge in [0.15, 0.2) is 5.82 Å². The van der Waals surface area contributed by atoms with Crippen molar-refractivity contribution in [1.82, 2.24) is 24.3 Å². The van der Waals surface area contributed by atoms with Crippen molar-refractivity contribution in [2.45, 2.75) is 19.4 Å². The van der Waals surface area contributed by atoms with E-state index in [1.165, 1.54) is 0 Å². The molecule has 0 aliphatic carbocycles. The molecule has 8 nitrogen and oxygen atoms in total. The summed E-state index contributed by atoms with van der Waals surface area (Å²) in [7, 11) is 1.61. The van der Waals surface area contributed by atoms with Gasteiger partial charge in [-0.1, -0.05) is 0 Å². The van der Waals surface area contributed by atoms with E-state index in [1.807, 2.05) is 42.2 Å². The topological polar surface area (TPSA) is 87.2 Å². The number of aromatic nitrogens is 5.